The number of fused-ring (bicyclic) bond motifs is 1. The van der Waals surface area contributed by atoms with Crippen LogP contribution in [0, 0.1) is 5.92 Å². The number of aryl methyl sites for hydroxylation is 1. The van der Waals surface area contributed by atoms with Crippen LogP contribution in [0.15, 0.2) is 18.2 Å². The summed E-state index contributed by atoms with van der Waals surface area (Å²) in [6.07, 6.45) is 5.18. The highest BCUT2D eigenvalue weighted by atomic mass is 16.1. The third kappa shape index (κ3) is 3.21. The van der Waals surface area contributed by atoms with E-state index in [2.05, 4.69) is 29.4 Å². The van der Waals surface area contributed by atoms with E-state index in [1.165, 1.54) is 11.1 Å². The fraction of sp³-hybridized carbons (Fsp3) is 0.588. The topological polar surface area (TPSA) is 58.4 Å². The van der Waals surface area contributed by atoms with Crippen molar-refractivity contribution in [3.63, 3.8) is 0 Å². The van der Waals surface area contributed by atoms with Crippen molar-refractivity contribution in [1.29, 1.82) is 0 Å². The van der Waals surface area contributed by atoms with E-state index in [-0.39, 0.29) is 17.9 Å². The summed E-state index contributed by atoms with van der Waals surface area (Å²) in [4.78, 5) is 14.8. The molecule has 1 heterocycles. The molecular weight excluding hydrogens is 262 g/mol. The molecule has 21 heavy (non-hydrogen) atoms. The van der Waals surface area contributed by atoms with Gasteiger partial charge in [-0.25, -0.2) is 0 Å². The number of anilines is 1. The minimum atomic E-state index is 0.168. The molecule has 1 unspecified atom stereocenters. The number of likely N-dealkylation sites (tertiary alicyclic amines) is 1. The number of piperidine rings is 1. The van der Waals surface area contributed by atoms with Gasteiger partial charge in [-0.1, -0.05) is 6.07 Å². The number of benzene rings is 1. The smallest absolute Gasteiger partial charge is 0.223 e. The van der Waals surface area contributed by atoms with Crippen LogP contribution in [-0.4, -0.2) is 30.9 Å². The summed E-state index contributed by atoms with van der Waals surface area (Å²) in [5.74, 6) is 0.415. The van der Waals surface area contributed by atoms with E-state index in [4.69, 9.17) is 5.73 Å². The second-order valence-corrected chi connectivity index (χ2v) is 6.49. The summed E-state index contributed by atoms with van der Waals surface area (Å²) >= 11 is 0. The monoisotopic (exact) mass is 287 g/mol. The molecule has 0 aromatic heterocycles. The Kier molecular flexibility index (Phi) is 4.15. The molecule has 1 aromatic rings. The number of carbonyl (C=O) groups excluding carboxylic acids is 1. The Labute approximate surface area is 126 Å². The maximum Gasteiger partial charge on any atom is 0.223 e. The molecular formula is C17H25N3O. The molecule has 1 fully saturated rings. The summed E-state index contributed by atoms with van der Waals surface area (Å²) in [5.41, 5.74) is 9.24. The molecule has 1 aliphatic heterocycles. The fourth-order valence-corrected chi connectivity index (χ4v) is 3.54. The zero-order valence-corrected chi connectivity index (χ0v) is 12.8. The van der Waals surface area contributed by atoms with Crippen molar-refractivity contribution in [3.05, 3.63) is 29.3 Å². The lowest BCUT2D eigenvalue weighted by atomic mass is 9.86. The number of nitrogen functional groups attached to an aromatic ring is 1. The first-order chi connectivity index (χ1) is 10.1. The highest BCUT2D eigenvalue weighted by Gasteiger charge is 2.27. The maximum atomic E-state index is 12.5. The van der Waals surface area contributed by atoms with Crippen molar-refractivity contribution in [2.45, 2.75) is 38.1 Å². The first-order valence-electron chi connectivity index (χ1n) is 8.00. The molecule has 2 aliphatic rings. The lowest BCUT2D eigenvalue weighted by molar-refractivity contribution is -0.127. The lowest BCUT2D eigenvalue weighted by Crippen LogP contribution is -2.40. The summed E-state index contributed by atoms with van der Waals surface area (Å²) in [6.45, 7) is 2.05. The van der Waals surface area contributed by atoms with Gasteiger partial charge in [0.15, 0.2) is 0 Å². The number of carbonyl (C=O) groups is 1. The number of rotatable bonds is 2. The highest BCUT2D eigenvalue weighted by Crippen LogP contribution is 2.31. The molecule has 114 valence electrons. The molecule has 1 aliphatic carbocycles. The van der Waals surface area contributed by atoms with Crippen LogP contribution in [0.25, 0.3) is 0 Å². The summed E-state index contributed by atoms with van der Waals surface area (Å²) in [7, 11) is 2.12. The molecule has 3 N–H and O–H groups in total. The summed E-state index contributed by atoms with van der Waals surface area (Å²) in [6, 6.07) is 6.26. The van der Waals surface area contributed by atoms with Gasteiger partial charge in [-0.2, -0.15) is 0 Å². The van der Waals surface area contributed by atoms with E-state index in [0.29, 0.717) is 0 Å². The number of hydrogen-bond donors (Lipinski definition) is 2. The van der Waals surface area contributed by atoms with Crippen molar-refractivity contribution >= 4 is 11.6 Å². The Morgan fingerprint density at radius 3 is 2.81 bits per heavy atom. The van der Waals surface area contributed by atoms with Crippen molar-refractivity contribution in [1.82, 2.24) is 10.2 Å². The van der Waals surface area contributed by atoms with Gasteiger partial charge >= 0.3 is 0 Å². The molecule has 0 spiro atoms. The van der Waals surface area contributed by atoms with Crippen LogP contribution in [0.1, 0.15) is 42.9 Å². The van der Waals surface area contributed by atoms with Crippen LogP contribution in [0.5, 0.6) is 0 Å². The van der Waals surface area contributed by atoms with Crippen LogP contribution in [0.4, 0.5) is 5.69 Å². The van der Waals surface area contributed by atoms with Gasteiger partial charge < -0.3 is 16.0 Å². The van der Waals surface area contributed by atoms with Crippen molar-refractivity contribution < 1.29 is 4.79 Å². The van der Waals surface area contributed by atoms with Gasteiger partial charge in [-0.15, -0.1) is 0 Å². The molecule has 1 atom stereocenters. The van der Waals surface area contributed by atoms with Crippen molar-refractivity contribution in [2.24, 2.45) is 5.92 Å². The number of nitrogens with one attached hydrogen (secondary N) is 1. The number of amides is 1. The van der Waals surface area contributed by atoms with Crippen LogP contribution in [-0.2, 0) is 11.2 Å². The van der Waals surface area contributed by atoms with Gasteiger partial charge in [0.1, 0.15) is 0 Å². The number of hydrogen-bond acceptors (Lipinski definition) is 3. The van der Waals surface area contributed by atoms with Crippen molar-refractivity contribution in [2.75, 3.05) is 25.9 Å². The SMILES string of the molecule is CN1CCC(C(=O)NC2CCCc3cc(N)ccc32)CC1. The van der Waals surface area contributed by atoms with E-state index in [1.54, 1.807) is 0 Å². The predicted molar refractivity (Wildman–Crippen MR) is 84.9 cm³/mol. The second kappa shape index (κ2) is 6.06. The van der Waals surface area contributed by atoms with Gasteiger partial charge in [-0.05, 0) is 75.5 Å². The average Bonchev–Trinajstić information content (AvgIpc) is 2.47. The Hall–Kier alpha value is -1.55. The highest BCUT2D eigenvalue weighted by molar-refractivity contribution is 5.79. The van der Waals surface area contributed by atoms with E-state index in [9.17, 15) is 4.79 Å². The second-order valence-electron chi connectivity index (χ2n) is 6.49. The standard InChI is InChI=1S/C17H25N3O/c1-20-9-7-12(8-10-20)17(21)19-16-4-2-3-13-11-14(18)5-6-15(13)16/h5-6,11-12,16H,2-4,7-10,18H2,1H3,(H,19,21). The van der Waals surface area contributed by atoms with Crippen LogP contribution in [0.2, 0.25) is 0 Å². The Morgan fingerprint density at radius 2 is 2.05 bits per heavy atom. The van der Waals surface area contributed by atoms with Crippen LogP contribution in [0.3, 0.4) is 0 Å². The van der Waals surface area contributed by atoms with E-state index >= 15 is 0 Å². The van der Waals surface area contributed by atoms with Crippen LogP contribution >= 0.6 is 0 Å². The molecule has 0 saturated carbocycles. The first kappa shape index (κ1) is 14.4. The molecule has 3 rings (SSSR count). The largest absolute Gasteiger partial charge is 0.399 e. The zero-order chi connectivity index (χ0) is 14.8. The average molecular weight is 287 g/mol. The van der Waals surface area contributed by atoms with Gasteiger partial charge in [-0.3, -0.25) is 4.79 Å². The number of nitrogens with zero attached hydrogens (tertiary/aromatic N) is 1. The van der Waals surface area contributed by atoms with E-state index in [1.807, 2.05) is 6.07 Å². The van der Waals surface area contributed by atoms with Gasteiger partial charge in [0.05, 0.1) is 6.04 Å². The number of nitrogens with two attached hydrogens (primary N) is 1. The van der Waals surface area contributed by atoms with Gasteiger partial charge in [0.25, 0.3) is 0 Å². The summed E-state index contributed by atoms with van der Waals surface area (Å²) in [5, 5.41) is 3.28. The minimum absolute atomic E-state index is 0.168. The van der Waals surface area contributed by atoms with Gasteiger partial charge in [0.2, 0.25) is 5.91 Å². The summed E-state index contributed by atoms with van der Waals surface area (Å²) < 4.78 is 0. The third-order valence-corrected chi connectivity index (χ3v) is 4.89. The first-order valence-corrected chi connectivity index (χ1v) is 8.00. The fourth-order valence-electron chi connectivity index (χ4n) is 3.54. The lowest BCUT2D eigenvalue weighted by Gasteiger charge is -2.31. The van der Waals surface area contributed by atoms with E-state index in [0.717, 1.165) is 50.9 Å². The molecule has 1 saturated heterocycles. The molecule has 4 nitrogen and oxygen atoms in total. The molecule has 4 heteroatoms. The van der Waals surface area contributed by atoms with Crippen molar-refractivity contribution in [3.8, 4) is 0 Å². The molecule has 1 amide bonds. The maximum absolute atomic E-state index is 12.5. The Bertz CT molecular complexity index is 521. The molecule has 1 aromatic carbocycles. The zero-order valence-electron chi connectivity index (χ0n) is 12.8. The van der Waals surface area contributed by atoms with Gasteiger partial charge in [0, 0.05) is 11.6 Å². The van der Waals surface area contributed by atoms with Crippen LogP contribution < -0.4 is 11.1 Å². The Morgan fingerprint density at radius 1 is 1.29 bits per heavy atom. The Balaban J connectivity index is 1.67. The molecule has 0 bridgehead atoms. The quantitative estimate of drug-likeness (QED) is 0.819. The predicted octanol–water partition coefficient (Wildman–Crippen LogP) is 2.10. The minimum Gasteiger partial charge on any atom is -0.399 e. The normalized spacial score (nSPS) is 23.6. The van der Waals surface area contributed by atoms with E-state index < -0.39 is 0 Å². The molecule has 0 radical (unpaired) electrons. The third-order valence-electron chi connectivity index (χ3n) is 4.89.